The lowest BCUT2D eigenvalue weighted by Gasteiger charge is -2.17. The Morgan fingerprint density at radius 2 is 1.89 bits per heavy atom. The van der Waals surface area contributed by atoms with Crippen molar-refractivity contribution in [1.29, 1.82) is 0 Å². The topological polar surface area (TPSA) is 83.6 Å². The zero-order valence-corrected chi connectivity index (χ0v) is 20.1. The van der Waals surface area contributed by atoms with Gasteiger partial charge in [0.15, 0.2) is 0 Å². The number of ether oxygens (including phenoxy) is 2. The molecule has 4 rings (SSSR count). The third-order valence-corrected chi connectivity index (χ3v) is 5.69. The van der Waals surface area contributed by atoms with Crippen LogP contribution in [0.4, 0.5) is 8.78 Å². The number of halogens is 2. The van der Waals surface area contributed by atoms with E-state index in [4.69, 9.17) is 9.47 Å². The van der Waals surface area contributed by atoms with E-state index in [1.807, 2.05) is 13.8 Å². The number of aromatic nitrogens is 1. The van der Waals surface area contributed by atoms with Crippen LogP contribution in [0, 0.1) is 11.6 Å². The first-order valence-corrected chi connectivity index (χ1v) is 11.8. The number of hydrogen-bond donors (Lipinski definition) is 3. The fourth-order valence-corrected chi connectivity index (χ4v) is 4.00. The molecule has 4 aromatic rings. The first-order valence-electron chi connectivity index (χ1n) is 11.8. The molecule has 0 radical (unpaired) electrons. The van der Waals surface area contributed by atoms with Crippen LogP contribution in [0.15, 0.2) is 60.8 Å². The Morgan fingerprint density at radius 3 is 2.67 bits per heavy atom. The van der Waals surface area contributed by atoms with Crippen LogP contribution in [0.25, 0.3) is 22.0 Å². The summed E-state index contributed by atoms with van der Waals surface area (Å²) in [5, 5.41) is 13.8. The molecular weight excluding hydrogens is 466 g/mol. The number of nitrogens with one attached hydrogen (secondary N) is 2. The molecule has 0 bridgehead atoms. The molecule has 36 heavy (non-hydrogen) atoms. The second-order valence-electron chi connectivity index (χ2n) is 8.33. The zero-order chi connectivity index (χ0) is 25.7. The van der Waals surface area contributed by atoms with Gasteiger partial charge in [0.25, 0.3) is 5.91 Å². The molecule has 0 spiro atoms. The van der Waals surface area contributed by atoms with Crippen LogP contribution in [0.3, 0.4) is 0 Å². The van der Waals surface area contributed by atoms with E-state index in [2.05, 4.69) is 10.3 Å². The highest BCUT2D eigenvalue weighted by Crippen LogP contribution is 2.31. The largest absolute Gasteiger partial charge is 0.494 e. The summed E-state index contributed by atoms with van der Waals surface area (Å²) in [6.07, 6.45) is 1.21. The third kappa shape index (κ3) is 5.66. The molecule has 0 aliphatic rings. The number of benzene rings is 3. The van der Waals surface area contributed by atoms with Gasteiger partial charge in [-0.05, 0) is 73.0 Å². The molecule has 0 fully saturated rings. The van der Waals surface area contributed by atoms with E-state index in [1.165, 1.54) is 24.3 Å². The average molecular weight is 495 g/mol. The highest BCUT2D eigenvalue weighted by atomic mass is 19.1. The molecule has 1 amide bonds. The molecular formula is C28H28F2N2O4. The minimum atomic E-state index is -1.25. The van der Waals surface area contributed by atoms with Crippen molar-refractivity contribution in [3.8, 4) is 22.6 Å². The number of aliphatic hydroxyl groups excluding tert-OH is 1. The maximum absolute atomic E-state index is 14.7. The Labute approximate surface area is 207 Å². The number of carbonyl (C=O) groups is 1. The summed E-state index contributed by atoms with van der Waals surface area (Å²) < 4.78 is 39.6. The van der Waals surface area contributed by atoms with Crippen LogP contribution in [0.5, 0.6) is 11.5 Å². The summed E-state index contributed by atoms with van der Waals surface area (Å²) in [5.41, 5.74) is 2.28. The summed E-state index contributed by atoms with van der Waals surface area (Å²) in [5.74, 6) is -0.601. The molecule has 0 aliphatic carbocycles. The summed E-state index contributed by atoms with van der Waals surface area (Å²) in [7, 11) is 0. The zero-order valence-electron chi connectivity index (χ0n) is 20.1. The Kier molecular flexibility index (Phi) is 7.85. The minimum Gasteiger partial charge on any atom is -0.494 e. The van der Waals surface area contributed by atoms with Gasteiger partial charge < -0.3 is 24.9 Å². The molecule has 0 saturated carbocycles. The van der Waals surface area contributed by atoms with Crippen LogP contribution in [-0.2, 0) is 6.42 Å². The first kappa shape index (κ1) is 25.2. The molecule has 6 nitrogen and oxygen atoms in total. The van der Waals surface area contributed by atoms with Crippen molar-refractivity contribution in [3.05, 3.63) is 83.6 Å². The third-order valence-electron chi connectivity index (χ3n) is 5.69. The van der Waals surface area contributed by atoms with Crippen molar-refractivity contribution in [2.45, 2.75) is 32.9 Å². The number of hydrogen-bond acceptors (Lipinski definition) is 4. The van der Waals surface area contributed by atoms with Gasteiger partial charge in [0.1, 0.15) is 29.4 Å². The first-order chi connectivity index (χ1) is 17.4. The van der Waals surface area contributed by atoms with Crippen LogP contribution in [-0.4, -0.2) is 35.4 Å². The quantitative estimate of drug-likeness (QED) is 0.251. The number of H-pyrrole nitrogens is 1. The average Bonchev–Trinajstić information content (AvgIpc) is 3.25. The minimum absolute atomic E-state index is 0.0606. The van der Waals surface area contributed by atoms with Crippen LogP contribution < -0.4 is 14.8 Å². The molecule has 0 saturated heterocycles. The number of aromatic amines is 1. The van der Waals surface area contributed by atoms with Crippen LogP contribution >= 0.6 is 0 Å². The Bertz CT molecular complexity index is 1370. The van der Waals surface area contributed by atoms with Gasteiger partial charge in [-0.15, -0.1) is 0 Å². The van der Waals surface area contributed by atoms with Crippen molar-refractivity contribution < 1.29 is 28.2 Å². The molecule has 1 unspecified atom stereocenters. The van der Waals surface area contributed by atoms with Gasteiger partial charge in [0.05, 0.1) is 18.8 Å². The van der Waals surface area contributed by atoms with E-state index in [0.717, 1.165) is 11.9 Å². The number of rotatable bonds is 10. The van der Waals surface area contributed by atoms with Crippen molar-refractivity contribution in [1.82, 2.24) is 10.3 Å². The monoisotopic (exact) mass is 494 g/mol. The molecule has 3 aromatic carbocycles. The standard InChI is InChI=1S/C28H28F2N2O4/c1-3-11-36-26-10-5-17(21-15-20(35-4-2)7-8-24(21)30)12-23(26)28(34)32-27(33)13-18-16-31-25-9-6-19(29)14-22(18)25/h5-10,12,14-16,27,31,33H,3-4,11,13H2,1-2H3,(H,32,34). The number of amides is 1. The number of carbonyl (C=O) groups excluding carboxylic acids is 1. The summed E-state index contributed by atoms with van der Waals surface area (Å²) in [6.45, 7) is 4.60. The molecule has 1 atom stereocenters. The number of fused-ring (bicyclic) bond motifs is 1. The second-order valence-corrected chi connectivity index (χ2v) is 8.33. The Morgan fingerprint density at radius 1 is 1.06 bits per heavy atom. The fourth-order valence-electron chi connectivity index (χ4n) is 4.00. The van der Waals surface area contributed by atoms with Crippen molar-refractivity contribution in [2.75, 3.05) is 13.2 Å². The lowest BCUT2D eigenvalue weighted by molar-refractivity contribution is 0.0782. The Balaban J connectivity index is 1.60. The van der Waals surface area contributed by atoms with E-state index in [-0.39, 0.29) is 17.5 Å². The predicted molar refractivity (Wildman–Crippen MR) is 134 cm³/mol. The van der Waals surface area contributed by atoms with Gasteiger partial charge in [-0.2, -0.15) is 0 Å². The van der Waals surface area contributed by atoms with Crippen molar-refractivity contribution in [3.63, 3.8) is 0 Å². The lowest BCUT2D eigenvalue weighted by Crippen LogP contribution is -2.36. The van der Waals surface area contributed by atoms with Gasteiger partial charge in [0, 0.05) is 29.1 Å². The molecule has 0 aliphatic heterocycles. The van der Waals surface area contributed by atoms with Crippen molar-refractivity contribution in [2.24, 2.45) is 0 Å². The van der Waals surface area contributed by atoms with E-state index in [9.17, 15) is 18.7 Å². The highest BCUT2D eigenvalue weighted by Gasteiger charge is 2.20. The molecule has 8 heteroatoms. The molecule has 1 aromatic heterocycles. The molecule has 1 heterocycles. The van der Waals surface area contributed by atoms with Gasteiger partial charge in [-0.1, -0.05) is 13.0 Å². The SMILES string of the molecule is CCCOc1ccc(-c2cc(OCC)ccc2F)cc1C(=O)NC(O)Cc1c[nH]c2ccc(F)cc12. The van der Waals surface area contributed by atoms with E-state index < -0.39 is 23.8 Å². The molecule has 188 valence electrons. The van der Waals surface area contributed by atoms with E-state index >= 15 is 0 Å². The summed E-state index contributed by atoms with van der Waals surface area (Å²) in [6, 6.07) is 13.6. The summed E-state index contributed by atoms with van der Waals surface area (Å²) >= 11 is 0. The summed E-state index contributed by atoms with van der Waals surface area (Å²) in [4.78, 5) is 16.2. The lowest BCUT2D eigenvalue weighted by atomic mass is 10.0. The smallest absolute Gasteiger partial charge is 0.257 e. The van der Waals surface area contributed by atoms with Crippen LogP contribution in [0.2, 0.25) is 0 Å². The van der Waals surface area contributed by atoms with E-state index in [0.29, 0.717) is 41.2 Å². The normalized spacial score (nSPS) is 11.9. The van der Waals surface area contributed by atoms with Gasteiger partial charge >= 0.3 is 0 Å². The predicted octanol–water partition coefficient (Wildman–Crippen LogP) is 5.59. The van der Waals surface area contributed by atoms with Gasteiger partial charge in [-0.25, -0.2) is 8.78 Å². The fraction of sp³-hybridized carbons (Fsp3) is 0.250. The van der Waals surface area contributed by atoms with Crippen LogP contribution in [0.1, 0.15) is 36.2 Å². The van der Waals surface area contributed by atoms with Gasteiger partial charge in [0.2, 0.25) is 0 Å². The second kappa shape index (κ2) is 11.2. The highest BCUT2D eigenvalue weighted by molar-refractivity contribution is 5.98. The molecule has 3 N–H and O–H groups in total. The van der Waals surface area contributed by atoms with Gasteiger partial charge in [-0.3, -0.25) is 4.79 Å². The maximum Gasteiger partial charge on any atom is 0.257 e. The number of aliphatic hydroxyl groups is 1. The Hall–Kier alpha value is -3.91. The maximum atomic E-state index is 14.7. The van der Waals surface area contributed by atoms with E-state index in [1.54, 1.807) is 36.5 Å². The van der Waals surface area contributed by atoms with Crippen molar-refractivity contribution >= 4 is 16.8 Å².